The van der Waals surface area contributed by atoms with Crippen molar-refractivity contribution in [2.45, 2.75) is 17.6 Å². The number of nitrogens with one attached hydrogen (secondary N) is 2. The van der Waals surface area contributed by atoms with Gasteiger partial charge in [-0.15, -0.1) is 11.3 Å². The van der Waals surface area contributed by atoms with E-state index in [1.165, 1.54) is 17.7 Å². The van der Waals surface area contributed by atoms with Gasteiger partial charge in [0.25, 0.3) is 15.9 Å². The average Bonchev–Trinajstić information content (AvgIpc) is 3.38. The van der Waals surface area contributed by atoms with Crippen LogP contribution < -0.4 is 14.9 Å². The fraction of sp³-hybridized carbons (Fsp3) is 0.190. The van der Waals surface area contributed by atoms with E-state index >= 15 is 0 Å². The summed E-state index contributed by atoms with van der Waals surface area (Å²) in [4.78, 5) is 15.0. The number of amides is 1. The summed E-state index contributed by atoms with van der Waals surface area (Å²) in [6.45, 7) is 4.04. The summed E-state index contributed by atoms with van der Waals surface area (Å²) in [5.41, 5.74) is 3.89. The van der Waals surface area contributed by atoms with E-state index in [1.54, 1.807) is 29.6 Å². The number of benzene rings is 2. The molecule has 4 rings (SSSR count). The van der Waals surface area contributed by atoms with Crippen LogP contribution in [0.5, 0.6) is 0 Å². The van der Waals surface area contributed by atoms with Crippen molar-refractivity contribution in [3.8, 4) is 0 Å². The van der Waals surface area contributed by atoms with Crippen molar-refractivity contribution in [3.05, 3.63) is 71.1 Å². The van der Waals surface area contributed by atoms with Gasteiger partial charge in [-0.25, -0.2) is 8.42 Å². The number of hydrogen-bond donors (Lipinski definition) is 2. The van der Waals surface area contributed by atoms with Crippen LogP contribution in [0.1, 0.15) is 22.8 Å². The second-order valence-corrected chi connectivity index (χ2v) is 9.60. The van der Waals surface area contributed by atoms with Gasteiger partial charge in [-0.3, -0.25) is 9.52 Å². The van der Waals surface area contributed by atoms with Crippen LogP contribution in [0.3, 0.4) is 0 Å². The molecule has 1 aromatic heterocycles. The van der Waals surface area contributed by atoms with Crippen LogP contribution in [-0.4, -0.2) is 27.4 Å². The maximum absolute atomic E-state index is 12.7. The number of anilines is 3. The zero-order chi connectivity index (χ0) is 20.4. The average molecular weight is 428 g/mol. The molecule has 0 spiro atoms. The number of carbonyl (C=O) groups is 1. The lowest BCUT2D eigenvalue weighted by Gasteiger charge is -2.17. The number of rotatable bonds is 6. The highest BCUT2D eigenvalue weighted by Crippen LogP contribution is 2.30. The van der Waals surface area contributed by atoms with E-state index in [9.17, 15) is 13.2 Å². The quantitative estimate of drug-likeness (QED) is 0.618. The molecule has 0 aliphatic carbocycles. The lowest BCUT2D eigenvalue weighted by Crippen LogP contribution is -2.19. The van der Waals surface area contributed by atoms with Crippen LogP contribution in [0.2, 0.25) is 0 Å². The number of hydrogen-bond acceptors (Lipinski definition) is 5. The van der Waals surface area contributed by atoms with Gasteiger partial charge in [0.05, 0.1) is 0 Å². The van der Waals surface area contributed by atoms with Crippen molar-refractivity contribution in [1.29, 1.82) is 0 Å². The normalized spacial score (nSPS) is 13.2. The second-order valence-electron chi connectivity index (χ2n) is 6.75. The summed E-state index contributed by atoms with van der Waals surface area (Å²) >= 11 is 1.14. The number of nitrogens with zero attached hydrogens (tertiary/aromatic N) is 1. The Bertz CT molecular complexity index is 1140. The molecule has 150 valence electrons. The first-order chi connectivity index (χ1) is 14.0. The highest BCUT2D eigenvalue weighted by Gasteiger charge is 2.19. The number of fused-ring (bicyclic) bond motifs is 1. The van der Waals surface area contributed by atoms with Gasteiger partial charge in [0.1, 0.15) is 4.21 Å². The molecule has 29 heavy (non-hydrogen) atoms. The molecular weight excluding hydrogens is 406 g/mol. The fourth-order valence-electron chi connectivity index (χ4n) is 3.40. The lowest BCUT2D eigenvalue weighted by atomic mass is 10.1. The molecule has 8 heteroatoms. The van der Waals surface area contributed by atoms with Gasteiger partial charge in [0, 0.05) is 35.7 Å². The SMILES string of the molecule is CCN1CCc2ccc(NC(=O)c3cccc(NS(=O)(=O)c4cccs4)c3)cc21. The topological polar surface area (TPSA) is 78.5 Å². The van der Waals surface area contributed by atoms with Gasteiger partial charge >= 0.3 is 0 Å². The minimum atomic E-state index is -3.66. The molecule has 6 nitrogen and oxygen atoms in total. The second kappa shape index (κ2) is 7.88. The molecule has 0 fully saturated rings. The lowest BCUT2D eigenvalue weighted by molar-refractivity contribution is 0.102. The van der Waals surface area contributed by atoms with Crippen molar-refractivity contribution < 1.29 is 13.2 Å². The molecule has 1 aliphatic rings. The van der Waals surface area contributed by atoms with Crippen molar-refractivity contribution in [2.24, 2.45) is 0 Å². The van der Waals surface area contributed by atoms with Crippen molar-refractivity contribution in [3.63, 3.8) is 0 Å². The van der Waals surface area contributed by atoms with Gasteiger partial charge in [0.15, 0.2) is 0 Å². The van der Waals surface area contributed by atoms with E-state index in [4.69, 9.17) is 0 Å². The van der Waals surface area contributed by atoms with Crippen molar-refractivity contribution >= 4 is 44.3 Å². The Labute approximate surface area is 174 Å². The number of thiophene rings is 1. The Morgan fingerprint density at radius 1 is 1.10 bits per heavy atom. The third-order valence-electron chi connectivity index (χ3n) is 4.85. The molecule has 2 N–H and O–H groups in total. The van der Waals surface area contributed by atoms with Gasteiger partial charge in [-0.2, -0.15) is 0 Å². The summed E-state index contributed by atoms with van der Waals surface area (Å²) in [7, 11) is -3.66. The molecule has 0 radical (unpaired) electrons. The molecule has 0 unspecified atom stereocenters. The predicted octanol–water partition coefficient (Wildman–Crippen LogP) is 4.18. The molecule has 2 aromatic carbocycles. The summed E-state index contributed by atoms with van der Waals surface area (Å²) in [6.07, 6.45) is 1.02. The fourth-order valence-corrected chi connectivity index (χ4v) is 5.44. The Balaban J connectivity index is 1.51. The largest absolute Gasteiger partial charge is 0.371 e. The molecule has 2 heterocycles. The molecule has 0 saturated carbocycles. The first-order valence-electron chi connectivity index (χ1n) is 9.32. The highest BCUT2D eigenvalue weighted by molar-refractivity contribution is 7.94. The van der Waals surface area contributed by atoms with E-state index in [0.29, 0.717) is 11.3 Å². The van der Waals surface area contributed by atoms with E-state index in [1.807, 2.05) is 18.2 Å². The molecule has 0 atom stereocenters. The smallest absolute Gasteiger partial charge is 0.271 e. The molecule has 1 amide bonds. The standard InChI is InChI=1S/C21H21N3O3S2/c1-2-24-11-10-15-8-9-17(14-19(15)24)22-21(25)16-5-3-6-18(13-16)23-29(26,27)20-7-4-12-28-20/h3-9,12-14,23H,2,10-11H2,1H3,(H,22,25). The van der Waals surface area contributed by atoms with Crippen molar-refractivity contribution in [1.82, 2.24) is 0 Å². The minimum absolute atomic E-state index is 0.228. The monoisotopic (exact) mass is 427 g/mol. The number of likely N-dealkylation sites (N-methyl/N-ethyl adjacent to an activating group) is 1. The summed E-state index contributed by atoms with van der Waals surface area (Å²) in [5.74, 6) is -0.289. The van der Waals surface area contributed by atoms with Gasteiger partial charge < -0.3 is 10.2 Å². The van der Waals surface area contributed by atoms with E-state index in [2.05, 4.69) is 21.9 Å². The van der Waals surface area contributed by atoms with Crippen LogP contribution in [0.15, 0.2) is 64.2 Å². The molecule has 1 aliphatic heterocycles. The maximum atomic E-state index is 12.7. The Morgan fingerprint density at radius 3 is 2.72 bits per heavy atom. The van der Waals surface area contributed by atoms with Gasteiger partial charge in [0.2, 0.25) is 0 Å². The summed E-state index contributed by atoms with van der Waals surface area (Å²) in [6, 6.07) is 15.6. The third kappa shape index (κ3) is 4.13. The Kier molecular flexibility index (Phi) is 5.29. The zero-order valence-corrected chi connectivity index (χ0v) is 17.5. The molecule has 0 saturated heterocycles. The Hall–Kier alpha value is -2.84. The first-order valence-corrected chi connectivity index (χ1v) is 11.7. The van der Waals surface area contributed by atoms with Crippen molar-refractivity contribution in [2.75, 3.05) is 28.0 Å². The van der Waals surface area contributed by atoms with E-state index in [0.717, 1.165) is 42.2 Å². The third-order valence-corrected chi connectivity index (χ3v) is 7.63. The van der Waals surface area contributed by atoms with E-state index < -0.39 is 10.0 Å². The zero-order valence-electron chi connectivity index (χ0n) is 15.9. The molecular formula is C21H21N3O3S2. The summed E-state index contributed by atoms with van der Waals surface area (Å²) < 4.78 is 27.5. The highest BCUT2D eigenvalue weighted by atomic mass is 32.2. The Morgan fingerprint density at radius 2 is 1.97 bits per heavy atom. The summed E-state index contributed by atoms with van der Waals surface area (Å²) in [5, 5.41) is 4.61. The van der Waals surface area contributed by atoms with Gasteiger partial charge in [-0.1, -0.05) is 18.2 Å². The maximum Gasteiger partial charge on any atom is 0.271 e. The molecule has 0 bridgehead atoms. The minimum Gasteiger partial charge on any atom is -0.371 e. The molecule has 3 aromatic rings. The predicted molar refractivity (Wildman–Crippen MR) is 118 cm³/mol. The van der Waals surface area contributed by atoms with Gasteiger partial charge in [-0.05, 0) is 60.7 Å². The number of sulfonamides is 1. The van der Waals surface area contributed by atoms with Crippen LogP contribution in [0.4, 0.5) is 17.1 Å². The first kappa shape index (κ1) is 19.5. The number of carbonyl (C=O) groups excluding carboxylic acids is 1. The van der Waals surface area contributed by atoms with Crippen LogP contribution in [-0.2, 0) is 16.4 Å². The van der Waals surface area contributed by atoms with Crippen LogP contribution in [0.25, 0.3) is 0 Å². The van der Waals surface area contributed by atoms with Crippen LogP contribution in [0, 0.1) is 0 Å². The van der Waals surface area contributed by atoms with Crippen LogP contribution >= 0.6 is 11.3 Å². The van der Waals surface area contributed by atoms with E-state index in [-0.39, 0.29) is 10.1 Å².